The first-order valence-corrected chi connectivity index (χ1v) is 5.98. The highest BCUT2D eigenvalue weighted by Gasteiger charge is 2.10. The average molecular weight is 260 g/mol. The van der Waals surface area contributed by atoms with Gasteiger partial charge in [0, 0.05) is 18.9 Å². The highest BCUT2D eigenvalue weighted by Crippen LogP contribution is 2.10. The van der Waals surface area contributed by atoms with Crippen molar-refractivity contribution in [2.45, 2.75) is 20.0 Å². The predicted molar refractivity (Wildman–Crippen MR) is 69.6 cm³/mol. The minimum atomic E-state index is -0.462. The van der Waals surface area contributed by atoms with Crippen LogP contribution < -0.4 is 5.32 Å². The Kier molecular flexibility index (Phi) is 4.30. The maximum absolute atomic E-state index is 11.2. The number of furan rings is 1. The van der Waals surface area contributed by atoms with Crippen molar-refractivity contribution in [2.24, 2.45) is 0 Å². The van der Waals surface area contributed by atoms with E-state index in [0.29, 0.717) is 12.3 Å². The van der Waals surface area contributed by atoms with E-state index in [9.17, 15) is 4.79 Å². The summed E-state index contributed by atoms with van der Waals surface area (Å²) in [5.74, 6) is 0.461. The number of aryl methyl sites for hydroxylation is 1. The molecule has 100 valence electrons. The molecule has 5 heteroatoms. The molecule has 0 saturated heterocycles. The molecule has 2 rings (SSSR count). The molecule has 0 radical (unpaired) electrons. The molecule has 19 heavy (non-hydrogen) atoms. The molecule has 5 nitrogen and oxygen atoms in total. The van der Waals surface area contributed by atoms with Gasteiger partial charge >= 0.3 is 5.97 Å². The molecular formula is C14H16N2O3. The van der Waals surface area contributed by atoms with E-state index in [-0.39, 0.29) is 5.76 Å². The van der Waals surface area contributed by atoms with E-state index in [4.69, 9.17) is 4.42 Å². The largest absolute Gasteiger partial charge is 0.463 e. The quantitative estimate of drug-likeness (QED) is 0.834. The fraction of sp³-hybridized carbons (Fsp3) is 0.286. The molecule has 0 aliphatic rings. The lowest BCUT2D eigenvalue weighted by molar-refractivity contribution is 0.0563. The standard InChI is InChI=1S/C14H16N2O3/c1-10-7-15-6-5-11(10)8-16-9-12-3-4-13(19-12)14(17)18-2/h3-7,16H,8-9H2,1-2H3. The van der Waals surface area contributed by atoms with E-state index in [1.807, 2.05) is 19.2 Å². The number of nitrogens with zero attached hydrogens (tertiary/aromatic N) is 1. The molecule has 0 unspecified atom stereocenters. The van der Waals surface area contributed by atoms with Crippen molar-refractivity contribution < 1.29 is 13.9 Å². The number of hydrogen-bond acceptors (Lipinski definition) is 5. The Hall–Kier alpha value is -2.14. The third-order valence-electron chi connectivity index (χ3n) is 2.80. The maximum Gasteiger partial charge on any atom is 0.373 e. The molecule has 2 aromatic heterocycles. The van der Waals surface area contributed by atoms with Crippen molar-refractivity contribution in [3.05, 3.63) is 53.2 Å². The van der Waals surface area contributed by atoms with Gasteiger partial charge in [0.2, 0.25) is 5.76 Å². The third-order valence-corrected chi connectivity index (χ3v) is 2.80. The Balaban J connectivity index is 1.88. The summed E-state index contributed by atoms with van der Waals surface area (Å²) in [7, 11) is 1.33. The van der Waals surface area contributed by atoms with Gasteiger partial charge in [-0.2, -0.15) is 0 Å². The Morgan fingerprint density at radius 2 is 2.21 bits per heavy atom. The molecule has 0 spiro atoms. The molecule has 0 bridgehead atoms. The monoisotopic (exact) mass is 260 g/mol. The second-order valence-corrected chi connectivity index (χ2v) is 4.16. The lowest BCUT2D eigenvalue weighted by atomic mass is 10.1. The number of ether oxygens (including phenoxy) is 1. The van der Waals surface area contributed by atoms with Crippen LogP contribution >= 0.6 is 0 Å². The summed E-state index contributed by atoms with van der Waals surface area (Å²) in [6.45, 7) is 3.30. The van der Waals surface area contributed by atoms with Crippen molar-refractivity contribution in [3.63, 3.8) is 0 Å². The van der Waals surface area contributed by atoms with Crippen LogP contribution in [0, 0.1) is 6.92 Å². The van der Waals surface area contributed by atoms with Gasteiger partial charge in [0.1, 0.15) is 5.76 Å². The van der Waals surface area contributed by atoms with E-state index in [0.717, 1.165) is 12.1 Å². The van der Waals surface area contributed by atoms with Gasteiger partial charge in [0.05, 0.1) is 13.7 Å². The molecule has 2 heterocycles. The van der Waals surface area contributed by atoms with Crippen LogP contribution in [0.5, 0.6) is 0 Å². The predicted octanol–water partition coefficient (Wildman–Crippen LogP) is 2.06. The summed E-state index contributed by atoms with van der Waals surface area (Å²) >= 11 is 0. The number of aromatic nitrogens is 1. The van der Waals surface area contributed by atoms with E-state index in [2.05, 4.69) is 15.0 Å². The van der Waals surface area contributed by atoms with Gasteiger partial charge in [0.25, 0.3) is 0 Å². The van der Waals surface area contributed by atoms with Gasteiger partial charge in [0.15, 0.2) is 0 Å². The first-order valence-electron chi connectivity index (χ1n) is 5.98. The normalized spacial score (nSPS) is 10.4. The van der Waals surface area contributed by atoms with Crippen molar-refractivity contribution in [3.8, 4) is 0 Å². The topological polar surface area (TPSA) is 64.4 Å². The molecular weight excluding hydrogens is 244 g/mol. The van der Waals surface area contributed by atoms with Crippen LogP contribution in [0.15, 0.2) is 35.0 Å². The molecule has 2 aromatic rings. The first-order chi connectivity index (χ1) is 9.20. The third kappa shape index (κ3) is 3.42. The van der Waals surface area contributed by atoms with Crippen LogP contribution in [0.1, 0.15) is 27.4 Å². The van der Waals surface area contributed by atoms with Gasteiger partial charge in [-0.3, -0.25) is 4.98 Å². The second-order valence-electron chi connectivity index (χ2n) is 4.16. The highest BCUT2D eigenvalue weighted by atomic mass is 16.5. The van der Waals surface area contributed by atoms with Crippen molar-refractivity contribution >= 4 is 5.97 Å². The zero-order chi connectivity index (χ0) is 13.7. The fourth-order valence-corrected chi connectivity index (χ4v) is 1.70. The molecule has 0 aliphatic carbocycles. The summed E-state index contributed by atoms with van der Waals surface area (Å²) < 4.78 is 9.93. The molecule has 0 fully saturated rings. The number of esters is 1. The highest BCUT2D eigenvalue weighted by molar-refractivity contribution is 5.86. The number of pyridine rings is 1. The molecule has 0 amide bonds. The first kappa shape index (κ1) is 13.3. The summed E-state index contributed by atoms with van der Waals surface area (Å²) in [5.41, 5.74) is 2.33. The van der Waals surface area contributed by atoms with Crippen LogP contribution in [-0.4, -0.2) is 18.1 Å². The van der Waals surface area contributed by atoms with Gasteiger partial charge in [-0.15, -0.1) is 0 Å². The molecule has 0 atom stereocenters. The zero-order valence-corrected chi connectivity index (χ0v) is 11.0. The van der Waals surface area contributed by atoms with Crippen molar-refractivity contribution in [1.29, 1.82) is 0 Å². The number of hydrogen-bond donors (Lipinski definition) is 1. The Labute approximate surface area is 111 Å². The van der Waals surface area contributed by atoms with Gasteiger partial charge in [-0.25, -0.2) is 4.79 Å². The molecule has 0 aliphatic heterocycles. The van der Waals surface area contributed by atoms with E-state index in [1.54, 1.807) is 18.3 Å². The van der Waals surface area contributed by atoms with E-state index < -0.39 is 5.97 Å². The van der Waals surface area contributed by atoms with Crippen LogP contribution in [-0.2, 0) is 17.8 Å². The SMILES string of the molecule is COC(=O)c1ccc(CNCc2ccncc2C)o1. The number of nitrogens with one attached hydrogen (secondary N) is 1. The fourth-order valence-electron chi connectivity index (χ4n) is 1.70. The Bertz CT molecular complexity index is 563. The number of carbonyl (C=O) groups excluding carboxylic acids is 1. The summed E-state index contributed by atoms with van der Waals surface area (Å²) in [6.07, 6.45) is 3.60. The minimum absolute atomic E-state index is 0.222. The number of methoxy groups -OCH3 is 1. The number of carbonyl (C=O) groups is 1. The maximum atomic E-state index is 11.2. The van der Waals surface area contributed by atoms with Gasteiger partial charge in [-0.1, -0.05) is 0 Å². The molecule has 1 N–H and O–H groups in total. The summed E-state index contributed by atoms with van der Waals surface area (Å²) in [4.78, 5) is 15.3. The molecule has 0 saturated carbocycles. The van der Waals surface area contributed by atoms with E-state index >= 15 is 0 Å². The summed E-state index contributed by atoms with van der Waals surface area (Å²) in [6, 6.07) is 5.35. The van der Waals surface area contributed by atoms with Gasteiger partial charge < -0.3 is 14.5 Å². The van der Waals surface area contributed by atoms with Crippen LogP contribution in [0.2, 0.25) is 0 Å². The van der Waals surface area contributed by atoms with Crippen LogP contribution in [0.4, 0.5) is 0 Å². The zero-order valence-electron chi connectivity index (χ0n) is 11.0. The Morgan fingerprint density at radius 1 is 1.37 bits per heavy atom. The average Bonchev–Trinajstić information content (AvgIpc) is 2.89. The smallest absolute Gasteiger partial charge is 0.373 e. The lowest BCUT2D eigenvalue weighted by Gasteiger charge is -2.05. The van der Waals surface area contributed by atoms with Crippen molar-refractivity contribution in [1.82, 2.24) is 10.3 Å². The second kappa shape index (κ2) is 6.15. The van der Waals surface area contributed by atoms with Crippen LogP contribution in [0.25, 0.3) is 0 Å². The van der Waals surface area contributed by atoms with Crippen LogP contribution in [0.3, 0.4) is 0 Å². The summed E-state index contributed by atoms with van der Waals surface area (Å²) in [5, 5.41) is 3.26. The Morgan fingerprint density at radius 3 is 2.95 bits per heavy atom. The number of rotatable bonds is 5. The minimum Gasteiger partial charge on any atom is -0.463 e. The molecule has 0 aromatic carbocycles. The van der Waals surface area contributed by atoms with E-state index in [1.165, 1.54) is 12.7 Å². The lowest BCUT2D eigenvalue weighted by Crippen LogP contribution is -2.13. The van der Waals surface area contributed by atoms with Crippen molar-refractivity contribution in [2.75, 3.05) is 7.11 Å². The van der Waals surface area contributed by atoms with Gasteiger partial charge in [-0.05, 0) is 36.2 Å².